The molecule has 1 atom stereocenters. The van der Waals surface area contributed by atoms with Crippen molar-refractivity contribution < 1.29 is 14.7 Å². The number of nitrogens with zero attached hydrogens (tertiary/aromatic N) is 2. The highest BCUT2D eigenvalue weighted by Crippen LogP contribution is 2.20. The van der Waals surface area contributed by atoms with Crippen molar-refractivity contribution in [3.8, 4) is 0 Å². The van der Waals surface area contributed by atoms with Crippen molar-refractivity contribution in [2.75, 3.05) is 38.5 Å². The smallest absolute Gasteiger partial charge is 0.317 e. The highest BCUT2D eigenvalue weighted by Gasteiger charge is 2.22. The van der Waals surface area contributed by atoms with Gasteiger partial charge in [0.1, 0.15) is 0 Å². The molecule has 0 saturated carbocycles. The van der Waals surface area contributed by atoms with E-state index >= 15 is 0 Å². The Kier molecular flexibility index (Phi) is 7.23. The first-order valence-electron chi connectivity index (χ1n) is 8.55. The standard InChI is InChI=1S/C18H26ClN3O3/c1-13-5-6-14(10-16(13)19)20-17(23)11-22-8-3-4-15(7-9-22)21(2)12-18(24)25/h5-6,10,15H,3-4,7-9,11-12H2,1-2H3,(H,20,23)(H,24,25). The molecule has 0 spiro atoms. The maximum absolute atomic E-state index is 12.3. The molecule has 1 aliphatic rings. The third kappa shape index (κ3) is 6.30. The Morgan fingerprint density at radius 2 is 2.12 bits per heavy atom. The van der Waals surface area contributed by atoms with Gasteiger partial charge in [0, 0.05) is 23.3 Å². The topological polar surface area (TPSA) is 72.9 Å². The number of hydrogen-bond acceptors (Lipinski definition) is 4. The number of halogens is 1. The summed E-state index contributed by atoms with van der Waals surface area (Å²) in [7, 11) is 1.85. The first-order chi connectivity index (χ1) is 11.8. The maximum atomic E-state index is 12.3. The molecular formula is C18H26ClN3O3. The summed E-state index contributed by atoms with van der Waals surface area (Å²) < 4.78 is 0. The summed E-state index contributed by atoms with van der Waals surface area (Å²) in [5, 5.41) is 12.4. The van der Waals surface area contributed by atoms with Crippen LogP contribution in [0.25, 0.3) is 0 Å². The summed E-state index contributed by atoms with van der Waals surface area (Å²) in [6.07, 6.45) is 2.78. The molecule has 0 aliphatic carbocycles. The van der Waals surface area contributed by atoms with E-state index in [4.69, 9.17) is 16.7 Å². The molecule has 138 valence electrons. The normalized spacial score (nSPS) is 18.8. The molecule has 1 aromatic rings. The summed E-state index contributed by atoms with van der Waals surface area (Å²) in [4.78, 5) is 27.1. The van der Waals surface area contributed by atoms with Crippen LogP contribution in [0.3, 0.4) is 0 Å². The summed E-state index contributed by atoms with van der Waals surface area (Å²) in [6, 6.07) is 5.74. The molecule has 1 heterocycles. The Morgan fingerprint density at radius 3 is 2.80 bits per heavy atom. The number of anilines is 1. The number of carboxylic acids is 1. The van der Waals surface area contributed by atoms with Gasteiger partial charge in [0.2, 0.25) is 5.91 Å². The van der Waals surface area contributed by atoms with Gasteiger partial charge < -0.3 is 10.4 Å². The second-order valence-corrected chi connectivity index (χ2v) is 7.09. The van der Waals surface area contributed by atoms with Crippen LogP contribution in [0, 0.1) is 6.92 Å². The third-order valence-corrected chi connectivity index (χ3v) is 5.03. The predicted octanol–water partition coefficient (Wildman–Crippen LogP) is 2.46. The molecule has 2 rings (SSSR count). The first-order valence-corrected chi connectivity index (χ1v) is 8.93. The fraction of sp³-hybridized carbons (Fsp3) is 0.556. The van der Waals surface area contributed by atoms with E-state index in [0.29, 0.717) is 17.3 Å². The van der Waals surface area contributed by atoms with E-state index in [9.17, 15) is 9.59 Å². The molecule has 6 nitrogen and oxygen atoms in total. The van der Waals surface area contributed by atoms with Crippen LogP contribution in [0.1, 0.15) is 24.8 Å². The SMILES string of the molecule is Cc1ccc(NC(=O)CN2CCCC(N(C)CC(=O)O)CC2)cc1Cl. The lowest BCUT2D eigenvalue weighted by molar-refractivity contribution is -0.138. The molecule has 0 aromatic heterocycles. The third-order valence-electron chi connectivity index (χ3n) is 4.62. The molecule has 0 radical (unpaired) electrons. The quantitative estimate of drug-likeness (QED) is 0.808. The zero-order valence-electron chi connectivity index (χ0n) is 14.8. The molecular weight excluding hydrogens is 342 g/mol. The minimum Gasteiger partial charge on any atom is -0.480 e. The second-order valence-electron chi connectivity index (χ2n) is 6.68. The summed E-state index contributed by atoms with van der Waals surface area (Å²) in [5.74, 6) is -0.864. The van der Waals surface area contributed by atoms with Crippen molar-refractivity contribution in [2.24, 2.45) is 0 Å². The van der Waals surface area contributed by atoms with Gasteiger partial charge in [-0.3, -0.25) is 19.4 Å². The summed E-state index contributed by atoms with van der Waals surface area (Å²) in [6.45, 7) is 3.94. The van der Waals surface area contributed by atoms with Gasteiger partial charge in [-0.15, -0.1) is 0 Å². The monoisotopic (exact) mass is 367 g/mol. The number of carboxylic acid groups (broad SMARTS) is 1. The van der Waals surface area contributed by atoms with E-state index in [2.05, 4.69) is 10.2 Å². The molecule has 2 N–H and O–H groups in total. The number of nitrogens with one attached hydrogen (secondary N) is 1. The van der Waals surface area contributed by atoms with Gasteiger partial charge >= 0.3 is 5.97 Å². The van der Waals surface area contributed by atoms with Crippen LogP contribution in [0.5, 0.6) is 0 Å². The van der Waals surface area contributed by atoms with Crippen molar-refractivity contribution in [1.82, 2.24) is 9.80 Å². The molecule has 1 aliphatic heterocycles. The number of hydrogen-bond donors (Lipinski definition) is 2. The largest absolute Gasteiger partial charge is 0.480 e. The number of aliphatic carboxylic acids is 1. The number of carbonyl (C=O) groups excluding carboxylic acids is 1. The minimum atomic E-state index is -0.806. The van der Waals surface area contributed by atoms with E-state index in [-0.39, 0.29) is 18.5 Å². The van der Waals surface area contributed by atoms with Crippen LogP contribution < -0.4 is 5.32 Å². The van der Waals surface area contributed by atoms with E-state index in [0.717, 1.165) is 37.9 Å². The second kappa shape index (κ2) is 9.17. The van der Waals surface area contributed by atoms with Crippen LogP contribution in [0.4, 0.5) is 5.69 Å². The summed E-state index contributed by atoms with van der Waals surface area (Å²) >= 11 is 6.08. The average molecular weight is 368 g/mol. The van der Waals surface area contributed by atoms with Crippen molar-refractivity contribution >= 4 is 29.2 Å². The fourth-order valence-corrected chi connectivity index (χ4v) is 3.33. The van der Waals surface area contributed by atoms with Crippen LogP contribution in [0.2, 0.25) is 5.02 Å². The Hall–Kier alpha value is -1.63. The Morgan fingerprint density at radius 1 is 1.36 bits per heavy atom. The van der Waals surface area contributed by atoms with Crippen molar-refractivity contribution in [3.05, 3.63) is 28.8 Å². The zero-order valence-corrected chi connectivity index (χ0v) is 15.6. The number of rotatable bonds is 6. The minimum absolute atomic E-state index is 0.0549. The zero-order chi connectivity index (χ0) is 18.4. The number of aryl methyl sites for hydroxylation is 1. The highest BCUT2D eigenvalue weighted by molar-refractivity contribution is 6.31. The lowest BCUT2D eigenvalue weighted by Crippen LogP contribution is -2.37. The first kappa shape index (κ1) is 19.7. The van der Waals surface area contributed by atoms with Crippen molar-refractivity contribution in [3.63, 3.8) is 0 Å². The lowest BCUT2D eigenvalue weighted by atomic mass is 10.1. The number of likely N-dealkylation sites (tertiary alicyclic amines) is 1. The fourth-order valence-electron chi connectivity index (χ4n) is 3.15. The Balaban J connectivity index is 1.83. The molecule has 1 saturated heterocycles. The maximum Gasteiger partial charge on any atom is 0.317 e. The molecule has 7 heteroatoms. The highest BCUT2D eigenvalue weighted by atomic mass is 35.5. The van der Waals surface area contributed by atoms with Gasteiger partial charge in [0.15, 0.2) is 0 Å². The molecule has 0 bridgehead atoms. The summed E-state index contributed by atoms with van der Waals surface area (Å²) in [5.41, 5.74) is 1.68. The van der Waals surface area contributed by atoms with Crippen molar-refractivity contribution in [1.29, 1.82) is 0 Å². The van der Waals surface area contributed by atoms with Crippen LogP contribution in [-0.2, 0) is 9.59 Å². The molecule has 25 heavy (non-hydrogen) atoms. The molecule has 1 aromatic carbocycles. The number of carbonyl (C=O) groups is 2. The van der Waals surface area contributed by atoms with Crippen LogP contribution >= 0.6 is 11.6 Å². The van der Waals surface area contributed by atoms with Gasteiger partial charge in [-0.1, -0.05) is 17.7 Å². The van der Waals surface area contributed by atoms with Gasteiger partial charge in [-0.05, 0) is 57.5 Å². The lowest BCUT2D eigenvalue weighted by Gasteiger charge is -2.25. The molecule has 1 fully saturated rings. The van der Waals surface area contributed by atoms with Gasteiger partial charge in [0.25, 0.3) is 0 Å². The number of amides is 1. The van der Waals surface area contributed by atoms with E-state index in [1.54, 1.807) is 6.07 Å². The molecule has 1 amide bonds. The van der Waals surface area contributed by atoms with E-state index in [1.165, 1.54) is 0 Å². The predicted molar refractivity (Wildman–Crippen MR) is 99.2 cm³/mol. The molecule has 1 unspecified atom stereocenters. The number of benzene rings is 1. The van der Waals surface area contributed by atoms with Gasteiger partial charge in [0.05, 0.1) is 13.1 Å². The average Bonchev–Trinajstić information content (AvgIpc) is 2.76. The van der Waals surface area contributed by atoms with Crippen molar-refractivity contribution in [2.45, 2.75) is 32.2 Å². The Bertz CT molecular complexity index is 624. The van der Waals surface area contributed by atoms with Crippen LogP contribution in [-0.4, -0.2) is 66.1 Å². The van der Waals surface area contributed by atoms with Crippen LogP contribution in [0.15, 0.2) is 18.2 Å². The van der Waals surface area contributed by atoms with E-state index in [1.807, 2.05) is 31.0 Å². The van der Waals surface area contributed by atoms with E-state index < -0.39 is 5.97 Å². The Labute approximate surface area is 153 Å². The van der Waals surface area contributed by atoms with Gasteiger partial charge in [-0.2, -0.15) is 0 Å². The van der Waals surface area contributed by atoms with Gasteiger partial charge in [-0.25, -0.2) is 0 Å². The number of likely N-dealkylation sites (N-methyl/N-ethyl adjacent to an activating group) is 1.